The van der Waals surface area contributed by atoms with Crippen molar-refractivity contribution in [1.29, 1.82) is 0 Å². The number of carbonyl (C=O) groups excluding carboxylic acids is 11. The molecule has 0 aliphatic rings. The number of carbonyl (C=O) groups is 11. The number of benzene rings is 2. The molecule has 7 atom stereocenters. The summed E-state index contributed by atoms with van der Waals surface area (Å²) >= 11 is 0. The summed E-state index contributed by atoms with van der Waals surface area (Å²) in [7, 11) is 0. The predicted octanol–water partition coefficient (Wildman–Crippen LogP) is 6.69. The zero-order chi connectivity index (χ0) is 65.7. The number of ketones is 1. The first-order chi connectivity index (χ1) is 39.5. The van der Waals surface area contributed by atoms with Crippen LogP contribution in [0.5, 0.6) is 0 Å². The SMILES string of the molecule is CCC[C@@H](NC(=O)C(=O)C(CC(F)(F)F)NC(=O)[C@H](CC(C)C)NC(=O)[C@@H](NC(=O)[C@H](Cc1ccccc1C)NC(=O)[C@H](CCC(=O)OC(C)(C)C)NC(=O)[C@H](CC(=O)OC(C)(C)C)NC(=O)CCC(=O)OC(C)(C)C)C(C)(C)C)c1ccccc1. The number of esters is 3. The van der Waals surface area contributed by atoms with Gasteiger partial charge >= 0.3 is 24.1 Å². The molecule has 7 amide bonds. The molecular weight excluding hydrogens is 1120 g/mol. The van der Waals surface area contributed by atoms with Crippen molar-refractivity contribution < 1.29 is 80.1 Å². The van der Waals surface area contributed by atoms with Crippen LogP contribution in [-0.4, -0.2) is 124 Å². The third-order valence-electron chi connectivity index (χ3n) is 12.6. The second kappa shape index (κ2) is 32.9. The number of ether oxygens (including phenoxy) is 3. The topological polar surface area (TPSA) is 300 Å². The average molecular weight is 1220 g/mol. The highest BCUT2D eigenvalue weighted by atomic mass is 19.4. The van der Waals surface area contributed by atoms with Gasteiger partial charge in [-0.05, 0) is 117 Å². The van der Waals surface area contributed by atoms with Gasteiger partial charge in [0.2, 0.25) is 41.2 Å². The first kappa shape index (κ1) is 74.7. The van der Waals surface area contributed by atoms with Gasteiger partial charge in [0.05, 0.1) is 25.3 Å². The van der Waals surface area contributed by atoms with Gasteiger partial charge in [0.15, 0.2) is 0 Å². The Balaban J connectivity index is 2.64. The van der Waals surface area contributed by atoms with Crippen molar-refractivity contribution in [2.45, 2.75) is 240 Å². The van der Waals surface area contributed by atoms with Crippen LogP contribution in [0, 0.1) is 18.3 Å². The molecular formula is C62H92F3N7O14. The normalized spacial score (nSPS) is 14.5. The highest BCUT2D eigenvalue weighted by Crippen LogP contribution is 2.25. The van der Waals surface area contributed by atoms with Crippen LogP contribution in [0.25, 0.3) is 0 Å². The van der Waals surface area contributed by atoms with Gasteiger partial charge in [-0.1, -0.05) is 103 Å². The summed E-state index contributed by atoms with van der Waals surface area (Å²) < 4.78 is 58.6. The molecule has 0 spiro atoms. The third-order valence-corrected chi connectivity index (χ3v) is 12.6. The Morgan fingerprint density at radius 3 is 1.50 bits per heavy atom. The van der Waals surface area contributed by atoms with E-state index in [0.717, 1.165) is 0 Å². The summed E-state index contributed by atoms with van der Waals surface area (Å²) in [6.07, 6.45) is -9.08. The van der Waals surface area contributed by atoms with E-state index < -0.39 is 180 Å². The van der Waals surface area contributed by atoms with Crippen molar-refractivity contribution in [2.75, 3.05) is 0 Å². The monoisotopic (exact) mass is 1220 g/mol. The summed E-state index contributed by atoms with van der Waals surface area (Å²) in [6, 6.07) is 3.96. The predicted molar refractivity (Wildman–Crippen MR) is 314 cm³/mol. The van der Waals surface area contributed by atoms with Gasteiger partial charge in [0.1, 0.15) is 53.1 Å². The Kier molecular flexibility index (Phi) is 28.6. The molecule has 24 heteroatoms. The van der Waals surface area contributed by atoms with Gasteiger partial charge in [-0.2, -0.15) is 13.2 Å². The molecule has 0 heterocycles. The zero-order valence-electron chi connectivity index (χ0n) is 52.7. The zero-order valence-corrected chi connectivity index (χ0v) is 52.7. The first-order valence-corrected chi connectivity index (χ1v) is 28.9. The van der Waals surface area contributed by atoms with E-state index in [1.54, 1.807) is 158 Å². The molecule has 1 unspecified atom stereocenters. The molecule has 0 bridgehead atoms. The highest BCUT2D eigenvalue weighted by molar-refractivity contribution is 6.38. The Hall–Kier alpha value is -7.40. The van der Waals surface area contributed by atoms with Crippen LogP contribution in [-0.2, 0) is 73.4 Å². The minimum atomic E-state index is -5.05. The number of alkyl halides is 3. The number of nitrogens with one attached hydrogen (secondary N) is 7. The summed E-state index contributed by atoms with van der Waals surface area (Å²) in [5.74, 6) is -12.0. The van der Waals surface area contributed by atoms with Crippen LogP contribution in [0.1, 0.15) is 184 Å². The summed E-state index contributed by atoms with van der Waals surface area (Å²) in [5, 5.41) is 17.3. The van der Waals surface area contributed by atoms with Crippen LogP contribution in [0.3, 0.4) is 0 Å². The maximum absolute atomic E-state index is 14.8. The van der Waals surface area contributed by atoms with Gasteiger partial charge in [-0.3, -0.25) is 52.7 Å². The lowest BCUT2D eigenvalue weighted by molar-refractivity contribution is -0.158. The second-order valence-electron chi connectivity index (χ2n) is 25.8. The lowest BCUT2D eigenvalue weighted by Gasteiger charge is -2.34. The number of aryl methyl sites for hydroxylation is 1. The van der Waals surface area contributed by atoms with E-state index in [1.807, 2.05) is 6.92 Å². The van der Waals surface area contributed by atoms with Crippen LogP contribution in [0.15, 0.2) is 54.6 Å². The minimum absolute atomic E-state index is 0.190. The average Bonchev–Trinajstić information content (AvgIpc) is 3.07. The van der Waals surface area contributed by atoms with E-state index in [4.69, 9.17) is 14.2 Å². The minimum Gasteiger partial charge on any atom is -0.460 e. The van der Waals surface area contributed by atoms with Crippen LogP contribution >= 0.6 is 0 Å². The van der Waals surface area contributed by atoms with Crippen molar-refractivity contribution >= 4 is 65.0 Å². The van der Waals surface area contributed by atoms with E-state index in [0.29, 0.717) is 29.5 Å². The fourth-order valence-corrected chi connectivity index (χ4v) is 8.64. The summed E-state index contributed by atoms with van der Waals surface area (Å²) in [5.41, 5.74) is -2.28. The summed E-state index contributed by atoms with van der Waals surface area (Å²) in [6.45, 7) is 26.0. The van der Waals surface area contributed by atoms with E-state index in [1.165, 1.54) is 0 Å². The van der Waals surface area contributed by atoms with Crippen molar-refractivity contribution in [3.63, 3.8) is 0 Å². The van der Waals surface area contributed by atoms with Crippen molar-refractivity contribution in [3.8, 4) is 0 Å². The molecule has 2 aromatic carbocycles. The smallest absolute Gasteiger partial charge is 0.391 e. The largest absolute Gasteiger partial charge is 0.460 e. The van der Waals surface area contributed by atoms with Gasteiger partial charge in [0.25, 0.3) is 5.91 Å². The number of Topliss-reactive ketones (excluding diaryl/α,β-unsaturated/α-hetero) is 1. The van der Waals surface area contributed by atoms with Gasteiger partial charge < -0.3 is 51.4 Å². The molecule has 0 aliphatic heterocycles. The second-order valence-corrected chi connectivity index (χ2v) is 25.8. The molecule has 0 radical (unpaired) electrons. The fourth-order valence-electron chi connectivity index (χ4n) is 8.64. The van der Waals surface area contributed by atoms with Crippen LogP contribution in [0.2, 0.25) is 0 Å². The fraction of sp³-hybridized carbons (Fsp3) is 0.629. The maximum Gasteiger partial charge on any atom is 0.391 e. The van der Waals surface area contributed by atoms with E-state index >= 15 is 0 Å². The first-order valence-electron chi connectivity index (χ1n) is 28.9. The maximum atomic E-state index is 14.8. The molecule has 0 aromatic heterocycles. The van der Waals surface area contributed by atoms with Crippen LogP contribution < -0.4 is 37.2 Å². The highest BCUT2D eigenvalue weighted by Gasteiger charge is 2.42. The third kappa shape index (κ3) is 29.1. The van der Waals surface area contributed by atoms with E-state index in [-0.39, 0.29) is 12.8 Å². The quantitative estimate of drug-likeness (QED) is 0.0244. The van der Waals surface area contributed by atoms with Gasteiger partial charge in [-0.25, -0.2) is 0 Å². The number of rotatable bonds is 30. The molecule has 2 aromatic rings. The number of halogens is 3. The Labute approximate surface area is 503 Å². The van der Waals surface area contributed by atoms with Crippen LogP contribution in [0.4, 0.5) is 13.2 Å². The van der Waals surface area contributed by atoms with Gasteiger partial charge in [0, 0.05) is 19.3 Å². The van der Waals surface area contributed by atoms with Crippen molar-refractivity contribution in [3.05, 3.63) is 71.3 Å². The molecule has 480 valence electrons. The molecule has 86 heavy (non-hydrogen) atoms. The lowest BCUT2D eigenvalue weighted by atomic mass is 9.85. The molecule has 0 saturated carbocycles. The molecule has 0 fully saturated rings. The Bertz CT molecular complexity index is 2670. The summed E-state index contributed by atoms with van der Waals surface area (Å²) in [4.78, 5) is 152. The molecule has 0 saturated heterocycles. The Morgan fingerprint density at radius 2 is 0.977 bits per heavy atom. The molecule has 0 aliphatic carbocycles. The number of hydrogen-bond donors (Lipinski definition) is 7. The van der Waals surface area contributed by atoms with Crippen molar-refractivity contribution in [1.82, 2.24) is 37.2 Å². The lowest BCUT2D eigenvalue weighted by Crippen LogP contribution is -2.62. The standard InChI is InChI=1S/C62H92F3N7O14/c1-17-23-40(38-25-19-18-20-26-38)67-56(82)50(77)45(35-62(63,64)65)71-53(79)42(32-36(2)3)70-57(83)51(58(5,6)7)72-55(81)43(33-39-27-22-21-24-37(39)4)69-52(78)41(28-30-47(74)84-59(8,9)10)68-54(80)44(34-49(76)86-61(14,15)16)66-46(73)29-31-48(75)85-60(11,12)13/h18-22,24-27,36,40-45,51H,17,23,28-35H2,1-16H3,(H,66,73)(H,67,82)(H,68,80)(H,69,78)(H,70,83)(H,71,79)(H,72,81)/t40-,41+,42+,43+,44+,45?,51-/m1/s1. The van der Waals surface area contributed by atoms with E-state index in [2.05, 4.69) is 37.2 Å². The number of amides is 7. The Morgan fingerprint density at radius 1 is 0.500 bits per heavy atom. The van der Waals surface area contributed by atoms with Crippen molar-refractivity contribution in [2.24, 2.45) is 11.3 Å². The molecule has 21 nitrogen and oxygen atoms in total. The van der Waals surface area contributed by atoms with Gasteiger partial charge in [-0.15, -0.1) is 0 Å². The van der Waals surface area contributed by atoms with E-state index in [9.17, 15) is 65.9 Å². The molecule has 7 N–H and O–H groups in total. The number of hydrogen-bond acceptors (Lipinski definition) is 14. The molecule has 2 rings (SSSR count).